The molecule has 0 atom stereocenters. The van der Waals surface area contributed by atoms with Gasteiger partial charge in [0.1, 0.15) is 11.4 Å². The Morgan fingerprint density at radius 1 is 1.32 bits per heavy atom. The predicted molar refractivity (Wildman–Crippen MR) is 106 cm³/mol. The molecule has 164 valence electrons. The van der Waals surface area contributed by atoms with Crippen LogP contribution in [-0.2, 0) is 14.9 Å². The SMILES string of the molecule is CCOC(=O)C1CCN(C(=O)c2cc3nc(-c4ccco4)cc(C(F)(F)Cl)n3n2)CC1. The van der Waals surface area contributed by atoms with E-state index in [4.69, 9.17) is 20.8 Å². The molecule has 0 bridgehead atoms. The summed E-state index contributed by atoms with van der Waals surface area (Å²) in [6.07, 6.45) is 2.32. The van der Waals surface area contributed by atoms with Crippen LogP contribution in [0.2, 0.25) is 0 Å². The Bertz CT molecular complexity index is 1100. The first kappa shape index (κ1) is 21.2. The summed E-state index contributed by atoms with van der Waals surface area (Å²) in [5, 5.41) is 0.293. The maximum absolute atomic E-state index is 14.1. The van der Waals surface area contributed by atoms with E-state index in [2.05, 4.69) is 10.1 Å². The van der Waals surface area contributed by atoms with E-state index in [1.54, 1.807) is 19.1 Å². The lowest BCUT2D eigenvalue weighted by atomic mass is 9.97. The third kappa shape index (κ3) is 4.25. The van der Waals surface area contributed by atoms with Gasteiger partial charge in [-0.3, -0.25) is 9.59 Å². The van der Waals surface area contributed by atoms with Crippen molar-refractivity contribution in [2.45, 2.75) is 25.1 Å². The molecule has 0 saturated carbocycles. The lowest BCUT2D eigenvalue weighted by Gasteiger charge is -2.30. The summed E-state index contributed by atoms with van der Waals surface area (Å²) in [6, 6.07) is 5.58. The number of aromatic nitrogens is 3. The van der Waals surface area contributed by atoms with Crippen molar-refractivity contribution < 1.29 is 27.5 Å². The highest BCUT2D eigenvalue weighted by molar-refractivity contribution is 6.21. The van der Waals surface area contributed by atoms with E-state index in [0.717, 1.165) is 10.6 Å². The minimum absolute atomic E-state index is 0.0361. The van der Waals surface area contributed by atoms with Gasteiger partial charge in [-0.05, 0) is 49.6 Å². The number of halogens is 3. The molecular weight excluding hydrogens is 434 g/mol. The maximum Gasteiger partial charge on any atom is 0.364 e. The van der Waals surface area contributed by atoms with Crippen molar-refractivity contribution >= 4 is 29.1 Å². The average molecular weight is 453 g/mol. The predicted octanol–water partition coefficient (Wildman–Crippen LogP) is 3.69. The molecule has 1 aliphatic rings. The van der Waals surface area contributed by atoms with E-state index < -0.39 is 17.0 Å². The van der Waals surface area contributed by atoms with Crippen LogP contribution < -0.4 is 0 Å². The number of alkyl halides is 3. The number of furan rings is 1. The van der Waals surface area contributed by atoms with Gasteiger partial charge in [0.25, 0.3) is 5.91 Å². The highest BCUT2D eigenvalue weighted by Gasteiger charge is 2.34. The molecule has 0 N–H and O–H groups in total. The molecule has 31 heavy (non-hydrogen) atoms. The summed E-state index contributed by atoms with van der Waals surface area (Å²) in [7, 11) is 0. The van der Waals surface area contributed by atoms with Crippen LogP contribution in [0.15, 0.2) is 34.9 Å². The Morgan fingerprint density at radius 3 is 2.68 bits per heavy atom. The fourth-order valence-corrected chi connectivity index (χ4v) is 3.71. The topological polar surface area (TPSA) is 89.9 Å². The maximum atomic E-state index is 14.1. The largest absolute Gasteiger partial charge is 0.466 e. The Labute approximate surface area is 180 Å². The van der Waals surface area contributed by atoms with Gasteiger partial charge in [0.15, 0.2) is 17.1 Å². The Balaban J connectivity index is 1.62. The van der Waals surface area contributed by atoms with Gasteiger partial charge < -0.3 is 14.1 Å². The highest BCUT2D eigenvalue weighted by atomic mass is 35.5. The second kappa shape index (κ2) is 8.26. The number of carbonyl (C=O) groups is 2. The fraction of sp³-hybridized carbons (Fsp3) is 0.400. The van der Waals surface area contributed by atoms with Crippen molar-refractivity contribution in [1.82, 2.24) is 19.5 Å². The van der Waals surface area contributed by atoms with Crippen molar-refractivity contribution in [3.05, 3.63) is 41.9 Å². The molecule has 0 aromatic carbocycles. The van der Waals surface area contributed by atoms with E-state index >= 15 is 0 Å². The Hall–Kier alpha value is -3.01. The molecule has 3 aromatic heterocycles. The van der Waals surface area contributed by atoms with Gasteiger partial charge in [-0.1, -0.05) is 0 Å². The first-order valence-corrected chi connectivity index (χ1v) is 10.1. The summed E-state index contributed by atoms with van der Waals surface area (Å²) >= 11 is 5.29. The van der Waals surface area contributed by atoms with Crippen molar-refractivity contribution in [2.24, 2.45) is 5.92 Å². The summed E-state index contributed by atoms with van der Waals surface area (Å²) in [6.45, 7) is 2.71. The van der Waals surface area contributed by atoms with Crippen molar-refractivity contribution in [2.75, 3.05) is 19.7 Å². The van der Waals surface area contributed by atoms with Crippen LogP contribution in [-0.4, -0.2) is 51.1 Å². The molecule has 11 heteroatoms. The quantitative estimate of drug-likeness (QED) is 0.433. The molecule has 1 aliphatic heterocycles. The van der Waals surface area contributed by atoms with Crippen molar-refractivity contribution in [3.8, 4) is 11.5 Å². The average Bonchev–Trinajstić information content (AvgIpc) is 3.42. The smallest absolute Gasteiger partial charge is 0.364 e. The first-order valence-electron chi connectivity index (χ1n) is 9.75. The lowest BCUT2D eigenvalue weighted by Crippen LogP contribution is -2.40. The molecule has 0 radical (unpaired) electrons. The number of carbonyl (C=O) groups excluding carboxylic acids is 2. The van der Waals surface area contributed by atoms with Gasteiger partial charge in [-0.25, -0.2) is 9.50 Å². The van der Waals surface area contributed by atoms with Crippen LogP contribution in [0.4, 0.5) is 8.78 Å². The van der Waals surface area contributed by atoms with E-state index in [-0.39, 0.29) is 34.7 Å². The molecule has 3 aromatic rings. The van der Waals surface area contributed by atoms with Crippen LogP contribution in [0.3, 0.4) is 0 Å². The summed E-state index contributed by atoms with van der Waals surface area (Å²) < 4.78 is 39.2. The number of likely N-dealkylation sites (tertiary alicyclic amines) is 1. The molecule has 1 saturated heterocycles. The summed E-state index contributed by atoms with van der Waals surface area (Å²) in [5.74, 6) is -0.689. The van der Waals surface area contributed by atoms with E-state index in [1.165, 1.54) is 17.2 Å². The van der Waals surface area contributed by atoms with Crippen LogP contribution in [0.25, 0.3) is 17.1 Å². The number of esters is 1. The second-order valence-electron chi connectivity index (χ2n) is 7.12. The number of ether oxygens (including phenoxy) is 1. The standard InChI is InChI=1S/C20H19ClF2N4O4/c1-2-30-19(29)12-5-7-26(8-6-12)18(28)14-11-17-24-13(15-4-3-9-31-15)10-16(20(21,22)23)27(17)25-14/h3-4,9-12H,2,5-8H2,1H3. The third-order valence-corrected chi connectivity index (χ3v) is 5.31. The van der Waals surface area contributed by atoms with E-state index in [0.29, 0.717) is 32.5 Å². The number of nitrogens with zero attached hydrogens (tertiary/aromatic N) is 4. The number of amides is 1. The van der Waals surface area contributed by atoms with Gasteiger partial charge in [0.2, 0.25) is 0 Å². The number of piperidine rings is 1. The molecular formula is C20H19ClF2N4O4. The number of hydrogen-bond acceptors (Lipinski definition) is 6. The number of hydrogen-bond donors (Lipinski definition) is 0. The van der Waals surface area contributed by atoms with Gasteiger partial charge in [0, 0.05) is 19.2 Å². The molecule has 0 unspecified atom stereocenters. The zero-order valence-electron chi connectivity index (χ0n) is 16.6. The Morgan fingerprint density at radius 2 is 2.06 bits per heavy atom. The highest BCUT2D eigenvalue weighted by Crippen LogP contribution is 2.34. The van der Waals surface area contributed by atoms with Crippen LogP contribution in [0.1, 0.15) is 35.9 Å². The summed E-state index contributed by atoms with van der Waals surface area (Å²) in [4.78, 5) is 30.6. The molecule has 0 spiro atoms. The number of rotatable bonds is 5. The normalized spacial score (nSPS) is 15.4. The molecule has 4 rings (SSSR count). The zero-order valence-corrected chi connectivity index (χ0v) is 17.3. The van der Waals surface area contributed by atoms with Gasteiger partial charge in [0.05, 0.1) is 18.8 Å². The van der Waals surface area contributed by atoms with Gasteiger partial charge >= 0.3 is 11.4 Å². The van der Waals surface area contributed by atoms with Crippen LogP contribution in [0, 0.1) is 5.92 Å². The molecule has 0 aliphatic carbocycles. The van der Waals surface area contributed by atoms with E-state index in [9.17, 15) is 18.4 Å². The third-order valence-electron chi connectivity index (χ3n) is 5.11. The fourth-order valence-electron chi connectivity index (χ4n) is 3.57. The van der Waals surface area contributed by atoms with Crippen molar-refractivity contribution in [3.63, 3.8) is 0 Å². The van der Waals surface area contributed by atoms with Crippen LogP contribution in [0.5, 0.6) is 0 Å². The second-order valence-corrected chi connectivity index (χ2v) is 7.59. The minimum Gasteiger partial charge on any atom is -0.466 e. The lowest BCUT2D eigenvalue weighted by molar-refractivity contribution is -0.149. The molecule has 1 amide bonds. The molecule has 4 heterocycles. The van der Waals surface area contributed by atoms with Gasteiger partial charge in [-0.2, -0.15) is 13.9 Å². The minimum atomic E-state index is -3.74. The first-order chi connectivity index (χ1) is 14.8. The zero-order chi connectivity index (χ0) is 22.2. The van der Waals surface area contributed by atoms with Crippen LogP contribution >= 0.6 is 11.6 Å². The van der Waals surface area contributed by atoms with E-state index in [1.807, 2.05) is 0 Å². The van der Waals surface area contributed by atoms with Crippen molar-refractivity contribution in [1.29, 1.82) is 0 Å². The monoisotopic (exact) mass is 452 g/mol. The molecule has 8 nitrogen and oxygen atoms in total. The Kier molecular flexibility index (Phi) is 5.65. The summed E-state index contributed by atoms with van der Waals surface area (Å²) in [5.41, 5.74) is -0.498. The molecule has 1 fully saturated rings. The number of fused-ring (bicyclic) bond motifs is 1. The van der Waals surface area contributed by atoms with Gasteiger partial charge in [-0.15, -0.1) is 0 Å².